The van der Waals surface area contributed by atoms with E-state index >= 15 is 0 Å². The van der Waals surface area contributed by atoms with Crippen molar-refractivity contribution in [2.24, 2.45) is 0 Å². The average Bonchev–Trinajstić information content (AvgIpc) is 2.61. The molecule has 0 radical (unpaired) electrons. The molecule has 3 rings (SSSR count). The summed E-state index contributed by atoms with van der Waals surface area (Å²) in [6.07, 6.45) is 2.29. The molecule has 3 aromatic rings. The van der Waals surface area contributed by atoms with Gasteiger partial charge in [0.1, 0.15) is 0 Å². The second-order valence-electron chi connectivity index (χ2n) is 5.68. The molecule has 0 aliphatic rings. The van der Waals surface area contributed by atoms with Crippen LogP contribution in [0.4, 0.5) is 0 Å². The third kappa shape index (κ3) is 4.00. The van der Waals surface area contributed by atoms with E-state index in [1.807, 2.05) is 0 Å². The van der Waals surface area contributed by atoms with E-state index in [1.54, 1.807) is 0 Å². The van der Waals surface area contributed by atoms with Crippen molar-refractivity contribution in [2.45, 2.75) is 12.8 Å². The van der Waals surface area contributed by atoms with Gasteiger partial charge in [0.2, 0.25) is 0 Å². The lowest BCUT2D eigenvalue weighted by molar-refractivity contribution is 1.03. The molecule has 23 heavy (non-hydrogen) atoms. The van der Waals surface area contributed by atoms with Gasteiger partial charge in [0.05, 0.1) is 0 Å². The maximum atomic E-state index is 3.77. The van der Waals surface area contributed by atoms with Gasteiger partial charge in [-0.15, -0.1) is 0 Å². The molecule has 114 valence electrons. The van der Waals surface area contributed by atoms with Crippen LogP contribution in [0.15, 0.2) is 91.0 Å². The molecule has 0 spiro atoms. The fraction of sp³-hybridized carbons (Fsp3) is 0.0909. The SMILES string of the molecule is Cc1ccc(/C(Br)=C/C(c2ccccc2)c2ccccc2)cc1. The molecule has 0 aliphatic heterocycles. The summed E-state index contributed by atoms with van der Waals surface area (Å²) in [4.78, 5) is 0. The Morgan fingerprint density at radius 1 is 0.739 bits per heavy atom. The Morgan fingerprint density at radius 2 is 1.22 bits per heavy atom. The van der Waals surface area contributed by atoms with Crippen LogP contribution in [0.2, 0.25) is 0 Å². The molecule has 0 N–H and O–H groups in total. The van der Waals surface area contributed by atoms with Gasteiger partial charge < -0.3 is 0 Å². The van der Waals surface area contributed by atoms with Gasteiger partial charge in [-0.25, -0.2) is 0 Å². The molecular weight excluding hydrogens is 344 g/mol. The van der Waals surface area contributed by atoms with E-state index in [0.717, 1.165) is 4.48 Å². The maximum absolute atomic E-state index is 3.77. The average molecular weight is 363 g/mol. The van der Waals surface area contributed by atoms with Crippen LogP contribution < -0.4 is 0 Å². The van der Waals surface area contributed by atoms with E-state index in [-0.39, 0.29) is 5.92 Å². The lowest BCUT2D eigenvalue weighted by Gasteiger charge is -2.15. The van der Waals surface area contributed by atoms with Crippen LogP contribution in [0.5, 0.6) is 0 Å². The third-order valence-corrected chi connectivity index (χ3v) is 4.68. The Labute approximate surface area is 146 Å². The Bertz CT molecular complexity index is 732. The maximum Gasteiger partial charge on any atom is 0.0283 e. The zero-order chi connectivity index (χ0) is 16.1. The number of hydrogen-bond donors (Lipinski definition) is 0. The number of aryl methyl sites for hydroxylation is 1. The van der Waals surface area contributed by atoms with E-state index in [1.165, 1.54) is 22.3 Å². The van der Waals surface area contributed by atoms with Crippen molar-refractivity contribution in [3.05, 3.63) is 113 Å². The van der Waals surface area contributed by atoms with Crippen molar-refractivity contribution < 1.29 is 0 Å². The molecule has 0 bridgehead atoms. The van der Waals surface area contributed by atoms with Gasteiger partial charge >= 0.3 is 0 Å². The van der Waals surface area contributed by atoms with Crippen LogP contribution in [0.25, 0.3) is 4.48 Å². The molecule has 0 atom stereocenters. The first-order valence-corrected chi connectivity index (χ1v) is 8.57. The normalized spacial score (nSPS) is 11.7. The molecule has 0 aliphatic carbocycles. The second-order valence-corrected chi connectivity index (χ2v) is 6.53. The summed E-state index contributed by atoms with van der Waals surface area (Å²) in [5.74, 6) is 0.230. The van der Waals surface area contributed by atoms with Crippen molar-refractivity contribution in [1.82, 2.24) is 0 Å². The minimum absolute atomic E-state index is 0.230. The van der Waals surface area contributed by atoms with Crippen LogP contribution in [0.3, 0.4) is 0 Å². The predicted molar refractivity (Wildman–Crippen MR) is 103 cm³/mol. The van der Waals surface area contributed by atoms with Crippen molar-refractivity contribution in [1.29, 1.82) is 0 Å². The molecule has 0 fully saturated rings. The van der Waals surface area contributed by atoms with Gasteiger partial charge in [-0.3, -0.25) is 0 Å². The minimum atomic E-state index is 0.230. The molecule has 0 nitrogen and oxygen atoms in total. The Hall–Kier alpha value is -2.12. The van der Waals surface area contributed by atoms with E-state index in [9.17, 15) is 0 Å². The first kappa shape index (κ1) is 15.8. The zero-order valence-corrected chi connectivity index (χ0v) is 14.7. The van der Waals surface area contributed by atoms with Gasteiger partial charge in [-0.05, 0) is 23.6 Å². The Balaban J connectivity index is 2.02. The number of halogens is 1. The van der Waals surface area contributed by atoms with Crippen LogP contribution in [-0.2, 0) is 0 Å². The van der Waals surface area contributed by atoms with Gasteiger partial charge in [-0.2, -0.15) is 0 Å². The van der Waals surface area contributed by atoms with Crippen LogP contribution in [0, 0.1) is 6.92 Å². The largest absolute Gasteiger partial charge is 0.0622 e. The number of hydrogen-bond acceptors (Lipinski definition) is 0. The fourth-order valence-electron chi connectivity index (χ4n) is 2.66. The first-order valence-electron chi connectivity index (χ1n) is 7.78. The Morgan fingerprint density at radius 3 is 1.70 bits per heavy atom. The number of benzene rings is 3. The van der Waals surface area contributed by atoms with Gasteiger partial charge in [0.15, 0.2) is 0 Å². The van der Waals surface area contributed by atoms with Crippen molar-refractivity contribution in [3.8, 4) is 0 Å². The van der Waals surface area contributed by atoms with Gasteiger partial charge in [0.25, 0.3) is 0 Å². The standard InChI is InChI=1S/C22H19Br/c1-17-12-14-20(15-13-17)22(23)16-21(18-8-4-2-5-9-18)19-10-6-3-7-11-19/h2-16,21H,1H3/b22-16-. The number of rotatable bonds is 4. The van der Waals surface area contributed by atoms with E-state index in [4.69, 9.17) is 0 Å². The fourth-order valence-corrected chi connectivity index (χ4v) is 3.19. The number of allylic oxidation sites excluding steroid dienone is 1. The summed E-state index contributed by atoms with van der Waals surface area (Å²) in [5.41, 5.74) is 5.06. The molecule has 0 saturated heterocycles. The lowest BCUT2D eigenvalue weighted by Crippen LogP contribution is -1.98. The van der Waals surface area contributed by atoms with Crippen molar-refractivity contribution in [3.63, 3.8) is 0 Å². The summed E-state index contributed by atoms with van der Waals surface area (Å²) in [6, 6.07) is 29.8. The second kappa shape index (κ2) is 7.43. The molecule has 0 heterocycles. The summed E-state index contributed by atoms with van der Waals surface area (Å²) >= 11 is 3.77. The molecule has 3 aromatic carbocycles. The summed E-state index contributed by atoms with van der Waals surface area (Å²) in [5, 5.41) is 0. The molecule has 0 saturated carbocycles. The van der Waals surface area contributed by atoms with Crippen molar-refractivity contribution >= 4 is 20.4 Å². The highest BCUT2D eigenvalue weighted by Crippen LogP contribution is 2.32. The minimum Gasteiger partial charge on any atom is -0.0622 e. The quantitative estimate of drug-likeness (QED) is 0.492. The molecule has 0 aromatic heterocycles. The Kier molecular flexibility index (Phi) is 5.09. The van der Waals surface area contributed by atoms with E-state index in [0.29, 0.717) is 0 Å². The first-order chi connectivity index (χ1) is 11.2. The molecule has 1 heteroatoms. The van der Waals surface area contributed by atoms with Crippen molar-refractivity contribution in [2.75, 3.05) is 0 Å². The van der Waals surface area contributed by atoms with Gasteiger partial charge in [0, 0.05) is 10.4 Å². The van der Waals surface area contributed by atoms with E-state index in [2.05, 4.69) is 114 Å². The summed E-state index contributed by atoms with van der Waals surface area (Å²) < 4.78 is 1.12. The molecule has 0 amide bonds. The van der Waals surface area contributed by atoms with Gasteiger partial charge in [-0.1, -0.05) is 112 Å². The summed E-state index contributed by atoms with van der Waals surface area (Å²) in [6.45, 7) is 2.11. The van der Waals surface area contributed by atoms with E-state index < -0.39 is 0 Å². The van der Waals surface area contributed by atoms with Crippen LogP contribution in [-0.4, -0.2) is 0 Å². The highest BCUT2D eigenvalue weighted by atomic mass is 79.9. The highest BCUT2D eigenvalue weighted by molar-refractivity contribution is 9.15. The zero-order valence-electron chi connectivity index (χ0n) is 13.1. The summed E-state index contributed by atoms with van der Waals surface area (Å²) in [7, 11) is 0. The van der Waals surface area contributed by atoms with Crippen LogP contribution in [0.1, 0.15) is 28.2 Å². The van der Waals surface area contributed by atoms with Crippen LogP contribution >= 0.6 is 15.9 Å². The smallest absolute Gasteiger partial charge is 0.0283 e. The highest BCUT2D eigenvalue weighted by Gasteiger charge is 2.12. The lowest BCUT2D eigenvalue weighted by atomic mass is 9.90. The molecular formula is C22H19Br. The topological polar surface area (TPSA) is 0 Å². The predicted octanol–water partition coefficient (Wildman–Crippen LogP) is 6.56. The monoisotopic (exact) mass is 362 g/mol. The third-order valence-electron chi connectivity index (χ3n) is 3.96. The molecule has 0 unspecified atom stereocenters.